The second kappa shape index (κ2) is 10.4. The lowest BCUT2D eigenvalue weighted by molar-refractivity contribution is -0.591. The molecule has 1 fully saturated rings. The molecule has 39 heavy (non-hydrogen) atoms. The predicted octanol–water partition coefficient (Wildman–Crippen LogP) is 4.89. The SMILES string of the molecule is CCOC(=O)C1(C(=O)OCC)N[C@H](c2ccccc2)[C@@]2([N+](=O)[O-])[C@H](c3ccc(Br)cc3)Oc3ccccc3[C@@H]12. The van der Waals surface area contributed by atoms with E-state index >= 15 is 0 Å². The Morgan fingerprint density at radius 1 is 0.923 bits per heavy atom. The van der Waals surface area contributed by atoms with E-state index < -0.39 is 46.0 Å². The molecule has 0 radical (unpaired) electrons. The summed E-state index contributed by atoms with van der Waals surface area (Å²) in [6.07, 6.45) is -1.19. The second-order valence-electron chi connectivity index (χ2n) is 9.40. The van der Waals surface area contributed by atoms with E-state index in [4.69, 9.17) is 14.2 Å². The van der Waals surface area contributed by atoms with Crippen LogP contribution >= 0.6 is 15.9 Å². The minimum Gasteiger partial charge on any atom is -0.478 e. The van der Waals surface area contributed by atoms with Crippen LogP contribution in [0.25, 0.3) is 0 Å². The minimum absolute atomic E-state index is 0.0376. The maximum Gasteiger partial charge on any atom is 0.339 e. The van der Waals surface area contributed by atoms with Gasteiger partial charge in [0.15, 0.2) is 6.10 Å². The normalized spacial score (nSPS) is 24.5. The highest BCUT2D eigenvalue weighted by molar-refractivity contribution is 9.10. The Kier molecular flexibility index (Phi) is 7.17. The Morgan fingerprint density at radius 2 is 1.51 bits per heavy atom. The molecule has 3 aromatic carbocycles. The van der Waals surface area contributed by atoms with E-state index in [1.165, 1.54) is 0 Å². The van der Waals surface area contributed by atoms with Crippen LogP contribution in [0.1, 0.15) is 48.6 Å². The summed E-state index contributed by atoms with van der Waals surface area (Å²) in [6.45, 7) is 3.15. The number of ether oxygens (including phenoxy) is 3. The molecular weight excluding hydrogens is 568 g/mol. The molecule has 5 rings (SSSR count). The number of hydrogen-bond acceptors (Lipinski definition) is 8. The Labute approximate surface area is 233 Å². The van der Waals surface area contributed by atoms with Crippen LogP contribution in [-0.4, -0.2) is 41.2 Å². The molecule has 0 aromatic heterocycles. The fourth-order valence-electron chi connectivity index (χ4n) is 5.97. The van der Waals surface area contributed by atoms with Gasteiger partial charge in [0, 0.05) is 15.0 Å². The zero-order valence-electron chi connectivity index (χ0n) is 21.3. The smallest absolute Gasteiger partial charge is 0.339 e. The molecule has 0 bridgehead atoms. The molecule has 4 atom stereocenters. The van der Waals surface area contributed by atoms with Crippen LogP contribution in [0, 0.1) is 10.1 Å². The number of esters is 2. The highest BCUT2D eigenvalue weighted by Gasteiger charge is 2.82. The molecule has 0 unspecified atom stereocenters. The second-order valence-corrected chi connectivity index (χ2v) is 10.3. The summed E-state index contributed by atoms with van der Waals surface area (Å²) in [5, 5.41) is 16.7. The summed E-state index contributed by atoms with van der Waals surface area (Å²) in [4.78, 5) is 41.1. The van der Waals surface area contributed by atoms with Crippen molar-refractivity contribution in [3.05, 3.63) is 110 Å². The van der Waals surface area contributed by atoms with Crippen molar-refractivity contribution in [2.45, 2.75) is 43.0 Å². The number of rotatable bonds is 7. The number of carbonyl (C=O) groups excluding carboxylic acids is 2. The van der Waals surface area contributed by atoms with Gasteiger partial charge in [0.05, 0.1) is 13.2 Å². The molecule has 2 aliphatic heterocycles. The Bertz CT molecular complexity index is 1380. The van der Waals surface area contributed by atoms with Gasteiger partial charge in [-0.25, -0.2) is 9.59 Å². The molecule has 2 heterocycles. The first-order valence-corrected chi connectivity index (χ1v) is 13.4. The van der Waals surface area contributed by atoms with Crippen molar-refractivity contribution >= 4 is 27.9 Å². The van der Waals surface area contributed by atoms with Gasteiger partial charge in [-0.2, -0.15) is 0 Å². The largest absolute Gasteiger partial charge is 0.478 e. The van der Waals surface area contributed by atoms with Gasteiger partial charge in [0.25, 0.3) is 5.54 Å². The van der Waals surface area contributed by atoms with E-state index in [9.17, 15) is 19.7 Å². The molecule has 9 nitrogen and oxygen atoms in total. The number of carbonyl (C=O) groups is 2. The summed E-state index contributed by atoms with van der Waals surface area (Å²) in [7, 11) is 0. The van der Waals surface area contributed by atoms with E-state index in [0.29, 0.717) is 22.4 Å². The van der Waals surface area contributed by atoms with Crippen LogP contribution in [0.15, 0.2) is 83.3 Å². The van der Waals surface area contributed by atoms with Crippen LogP contribution in [0.2, 0.25) is 0 Å². The number of para-hydroxylation sites is 1. The summed E-state index contributed by atoms with van der Waals surface area (Å²) in [5.74, 6) is -2.89. The third-order valence-electron chi connectivity index (χ3n) is 7.44. The van der Waals surface area contributed by atoms with Gasteiger partial charge < -0.3 is 14.2 Å². The van der Waals surface area contributed by atoms with Crippen molar-refractivity contribution < 1.29 is 28.7 Å². The van der Waals surface area contributed by atoms with E-state index in [-0.39, 0.29) is 13.2 Å². The molecule has 1 saturated heterocycles. The summed E-state index contributed by atoms with van der Waals surface area (Å²) in [6, 6.07) is 21.4. The molecule has 10 heteroatoms. The molecule has 3 aromatic rings. The average molecular weight is 595 g/mol. The van der Waals surface area contributed by atoms with Gasteiger partial charge in [-0.3, -0.25) is 15.4 Å². The maximum absolute atomic E-state index is 13.9. The van der Waals surface area contributed by atoms with E-state index in [1.54, 1.807) is 92.7 Å². The lowest BCUT2D eigenvalue weighted by Gasteiger charge is -2.43. The molecule has 0 spiro atoms. The molecule has 1 N–H and O–H groups in total. The topological polar surface area (TPSA) is 117 Å². The number of hydrogen-bond donors (Lipinski definition) is 1. The fourth-order valence-corrected chi connectivity index (χ4v) is 6.24. The predicted molar refractivity (Wildman–Crippen MR) is 145 cm³/mol. The third-order valence-corrected chi connectivity index (χ3v) is 7.97. The first-order chi connectivity index (χ1) is 18.8. The van der Waals surface area contributed by atoms with Gasteiger partial charge in [-0.05, 0) is 43.2 Å². The molecule has 2 aliphatic rings. The first kappa shape index (κ1) is 26.8. The number of benzene rings is 3. The minimum atomic E-state index is -2.23. The van der Waals surface area contributed by atoms with Crippen LogP contribution in [-0.2, 0) is 19.1 Å². The number of nitrogens with one attached hydrogen (secondary N) is 1. The summed E-state index contributed by atoms with van der Waals surface area (Å²) < 4.78 is 18.2. The number of nitro groups is 1. The Morgan fingerprint density at radius 3 is 2.10 bits per heavy atom. The van der Waals surface area contributed by atoms with Crippen molar-refractivity contribution in [3.63, 3.8) is 0 Å². The van der Waals surface area contributed by atoms with Crippen LogP contribution in [0.5, 0.6) is 5.75 Å². The van der Waals surface area contributed by atoms with Gasteiger partial charge in [0.2, 0.25) is 5.54 Å². The standard InChI is InChI=1S/C29H27BrN2O7/c1-3-37-26(33)28(27(34)38-4-2)23-21-12-8-9-13-22(21)39-25(19-14-16-20(30)17-15-19)29(23,32(35)36)24(31-28)18-10-6-5-7-11-18/h5-17,23-25,31H,3-4H2,1-2H3/t23-,24+,25-,29+/m0/s1. The molecular formula is C29H27BrN2O7. The Hall–Kier alpha value is -3.76. The van der Waals surface area contributed by atoms with E-state index in [0.717, 1.165) is 4.47 Å². The molecule has 202 valence electrons. The zero-order valence-corrected chi connectivity index (χ0v) is 22.9. The number of fused-ring (bicyclic) bond motifs is 3. The van der Waals surface area contributed by atoms with Crippen molar-refractivity contribution in [2.24, 2.45) is 0 Å². The molecule has 0 aliphatic carbocycles. The van der Waals surface area contributed by atoms with Crippen molar-refractivity contribution in [2.75, 3.05) is 13.2 Å². The van der Waals surface area contributed by atoms with Crippen molar-refractivity contribution in [1.29, 1.82) is 0 Å². The van der Waals surface area contributed by atoms with Crippen LogP contribution < -0.4 is 10.1 Å². The number of halogens is 1. The van der Waals surface area contributed by atoms with Crippen molar-refractivity contribution in [1.82, 2.24) is 5.32 Å². The van der Waals surface area contributed by atoms with Crippen LogP contribution in [0.4, 0.5) is 0 Å². The lowest BCUT2D eigenvalue weighted by Crippen LogP contribution is -2.62. The monoisotopic (exact) mass is 594 g/mol. The highest BCUT2D eigenvalue weighted by atomic mass is 79.9. The van der Waals surface area contributed by atoms with Gasteiger partial charge in [-0.15, -0.1) is 0 Å². The lowest BCUT2D eigenvalue weighted by atomic mass is 9.63. The molecule has 0 amide bonds. The maximum atomic E-state index is 13.9. The zero-order chi connectivity index (χ0) is 27.8. The number of nitrogens with zero attached hydrogens (tertiary/aromatic N) is 1. The quantitative estimate of drug-likeness (QED) is 0.178. The van der Waals surface area contributed by atoms with E-state index in [2.05, 4.69) is 21.2 Å². The van der Waals surface area contributed by atoms with Gasteiger partial charge in [-0.1, -0.05) is 76.6 Å². The first-order valence-electron chi connectivity index (χ1n) is 12.6. The fraction of sp³-hybridized carbons (Fsp3) is 0.310. The summed E-state index contributed by atoms with van der Waals surface area (Å²) in [5.41, 5.74) is -2.93. The molecule has 0 saturated carbocycles. The third kappa shape index (κ3) is 4.01. The average Bonchev–Trinajstić information content (AvgIpc) is 3.29. The summed E-state index contributed by atoms with van der Waals surface area (Å²) >= 11 is 3.42. The van der Waals surface area contributed by atoms with Crippen molar-refractivity contribution in [3.8, 4) is 5.75 Å². The van der Waals surface area contributed by atoms with Gasteiger partial charge in [0.1, 0.15) is 17.7 Å². The highest BCUT2D eigenvalue weighted by Crippen LogP contribution is 2.63. The van der Waals surface area contributed by atoms with Gasteiger partial charge >= 0.3 is 11.9 Å². The Balaban J connectivity index is 1.91. The van der Waals surface area contributed by atoms with E-state index in [1.807, 2.05) is 0 Å². The van der Waals surface area contributed by atoms with Crippen LogP contribution in [0.3, 0.4) is 0 Å².